The first-order valence-corrected chi connectivity index (χ1v) is 6.09. The van der Waals surface area contributed by atoms with Crippen molar-refractivity contribution in [3.8, 4) is 5.75 Å². The highest BCUT2D eigenvalue weighted by atomic mass is 16.3. The average Bonchev–Trinajstić information content (AvgIpc) is 2.39. The summed E-state index contributed by atoms with van der Waals surface area (Å²) in [5.41, 5.74) is 2.22. The maximum Gasteiger partial charge on any atom is 0.274 e. The van der Waals surface area contributed by atoms with Crippen LogP contribution in [0.5, 0.6) is 5.75 Å². The van der Waals surface area contributed by atoms with Gasteiger partial charge in [-0.1, -0.05) is 29.8 Å². The Labute approximate surface area is 112 Å². The zero-order chi connectivity index (χ0) is 13.8. The van der Waals surface area contributed by atoms with Crippen LogP contribution in [0.3, 0.4) is 0 Å². The SMILES string of the molecule is Cc1ccc(C(C)NC(=O)c2ncccc2O)cc1. The number of hydrogen-bond donors (Lipinski definition) is 2. The number of aromatic hydroxyl groups is 1. The fourth-order valence-corrected chi connectivity index (χ4v) is 1.78. The molecule has 0 saturated carbocycles. The smallest absolute Gasteiger partial charge is 0.274 e. The molecule has 0 aliphatic carbocycles. The third kappa shape index (κ3) is 3.10. The predicted molar refractivity (Wildman–Crippen MR) is 73.0 cm³/mol. The van der Waals surface area contributed by atoms with Gasteiger partial charge in [0.2, 0.25) is 0 Å². The van der Waals surface area contributed by atoms with Crippen LogP contribution in [0.2, 0.25) is 0 Å². The molecule has 4 heteroatoms. The van der Waals surface area contributed by atoms with E-state index < -0.39 is 0 Å². The molecule has 0 fully saturated rings. The van der Waals surface area contributed by atoms with E-state index in [1.807, 2.05) is 38.1 Å². The molecule has 19 heavy (non-hydrogen) atoms. The second kappa shape index (κ2) is 5.52. The molecule has 0 spiro atoms. The monoisotopic (exact) mass is 256 g/mol. The lowest BCUT2D eigenvalue weighted by Gasteiger charge is -2.14. The number of hydrogen-bond acceptors (Lipinski definition) is 3. The van der Waals surface area contributed by atoms with Crippen molar-refractivity contribution in [3.05, 3.63) is 59.4 Å². The molecule has 0 saturated heterocycles. The quantitative estimate of drug-likeness (QED) is 0.887. The number of aryl methyl sites for hydroxylation is 1. The van der Waals surface area contributed by atoms with Crippen molar-refractivity contribution in [1.29, 1.82) is 0 Å². The molecule has 4 nitrogen and oxygen atoms in total. The number of pyridine rings is 1. The van der Waals surface area contributed by atoms with Crippen LogP contribution in [-0.2, 0) is 0 Å². The van der Waals surface area contributed by atoms with Gasteiger partial charge in [0.1, 0.15) is 5.75 Å². The number of carbonyl (C=O) groups is 1. The molecule has 98 valence electrons. The van der Waals surface area contributed by atoms with E-state index in [0.717, 1.165) is 5.56 Å². The van der Waals surface area contributed by atoms with Gasteiger partial charge in [-0.25, -0.2) is 4.98 Å². The van der Waals surface area contributed by atoms with Gasteiger partial charge >= 0.3 is 0 Å². The molecule has 1 aromatic heterocycles. The van der Waals surface area contributed by atoms with Crippen molar-refractivity contribution in [2.45, 2.75) is 19.9 Å². The molecule has 2 N–H and O–H groups in total. The first-order chi connectivity index (χ1) is 9.08. The molecule has 1 unspecified atom stereocenters. The van der Waals surface area contributed by atoms with E-state index in [0.29, 0.717) is 0 Å². The molecule has 1 atom stereocenters. The van der Waals surface area contributed by atoms with Crippen molar-refractivity contribution >= 4 is 5.91 Å². The molecule has 0 aliphatic heterocycles. The second-order valence-electron chi connectivity index (χ2n) is 4.48. The summed E-state index contributed by atoms with van der Waals surface area (Å²) in [6, 6.07) is 10.8. The minimum atomic E-state index is -0.383. The molecular formula is C15H16N2O2. The second-order valence-corrected chi connectivity index (χ2v) is 4.48. The van der Waals surface area contributed by atoms with E-state index in [1.165, 1.54) is 17.8 Å². The standard InChI is InChI=1S/C15H16N2O2/c1-10-5-7-12(8-6-10)11(2)17-15(19)14-13(18)4-3-9-16-14/h3-9,11,18H,1-2H3,(H,17,19). The summed E-state index contributed by atoms with van der Waals surface area (Å²) in [7, 11) is 0. The van der Waals surface area contributed by atoms with Gasteiger partial charge in [0.05, 0.1) is 6.04 Å². The van der Waals surface area contributed by atoms with Crippen LogP contribution >= 0.6 is 0 Å². The topological polar surface area (TPSA) is 62.2 Å². The zero-order valence-corrected chi connectivity index (χ0v) is 10.9. The molecule has 1 aromatic carbocycles. The van der Waals surface area contributed by atoms with Crippen molar-refractivity contribution in [2.24, 2.45) is 0 Å². The van der Waals surface area contributed by atoms with Crippen LogP contribution in [0.25, 0.3) is 0 Å². The van der Waals surface area contributed by atoms with Gasteiger partial charge in [0, 0.05) is 6.20 Å². The normalized spacial score (nSPS) is 11.9. The van der Waals surface area contributed by atoms with Crippen molar-refractivity contribution < 1.29 is 9.90 Å². The number of carbonyl (C=O) groups excluding carboxylic acids is 1. The van der Waals surface area contributed by atoms with Gasteiger partial charge in [-0.15, -0.1) is 0 Å². The molecule has 2 rings (SSSR count). The fourth-order valence-electron chi connectivity index (χ4n) is 1.78. The van der Waals surface area contributed by atoms with Crippen LogP contribution < -0.4 is 5.32 Å². The maximum absolute atomic E-state index is 12.0. The van der Waals surface area contributed by atoms with Crippen LogP contribution in [0.15, 0.2) is 42.6 Å². The van der Waals surface area contributed by atoms with Crippen molar-refractivity contribution in [2.75, 3.05) is 0 Å². The molecule has 0 radical (unpaired) electrons. The van der Waals surface area contributed by atoms with Gasteiger partial charge in [0.15, 0.2) is 5.69 Å². The third-order valence-electron chi connectivity index (χ3n) is 2.93. The highest BCUT2D eigenvalue weighted by Gasteiger charge is 2.15. The first kappa shape index (κ1) is 13.1. The van der Waals surface area contributed by atoms with E-state index in [2.05, 4.69) is 10.3 Å². The molecular weight excluding hydrogens is 240 g/mol. The average molecular weight is 256 g/mol. The highest BCUT2D eigenvalue weighted by molar-refractivity contribution is 5.94. The summed E-state index contributed by atoms with van der Waals surface area (Å²) in [6.45, 7) is 3.90. The largest absolute Gasteiger partial charge is 0.505 e. The van der Waals surface area contributed by atoms with Gasteiger partial charge in [0.25, 0.3) is 5.91 Å². The van der Waals surface area contributed by atoms with Crippen molar-refractivity contribution in [1.82, 2.24) is 10.3 Å². The van der Waals surface area contributed by atoms with Crippen molar-refractivity contribution in [3.63, 3.8) is 0 Å². The number of rotatable bonds is 3. The third-order valence-corrected chi connectivity index (χ3v) is 2.93. The Morgan fingerprint density at radius 1 is 1.26 bits per heavy atom. The number of nitrogens with one attached hydrogen (secondary N) is 1. The Morgan fingerprint density at radius 2 is 1.95 bits per heavy atom. The number of nitrogens with zero attached hydrogens (tertiary/aromatic N) is 1. The maximum atomic E-state index is 12.0. The van der Waals surface area contributed by atoms with E-state index >= 15 is 0 Å². The lowest BCUT2D eigenvalue weighted by atomic mass is 10.1. The number of aromatic nitrogens is 1. The Hall–Kier alpha value is -2.36. The summed E-state index contributed by atoms with van der Waals surface area (Å²) in [6.07, 6.45) is 1.48. The van der Waals surface area contributed by atoms with E-state index in [4.69, 9.17) is 0 Å². The van der Waals surface area contributed by atoms with Gasteiger partial charge < -0.3 is 10.4 Å². The van der Waals surface area contributed by atoms with Gasteiger partial charge in [-0.3, -0.25) is 4.79 Å². The molecule has 0 aliphatic rings. The Balaban J connectivity index is 2.11. The lowest BCUT2D eigenvalue weighted by molar-refractivity contribution is 0.0932. The zero-order valence-electron chi connectivity index (χ0n) is 10.9. The predicted octanol–water partition coefficient (Wildman–Crippen LogP) is 2.59. The number of amides is 1. The number of benzene rings is 1. The summed E-state index contributed by atoms with van der Waals surface area (Å²) in [5, 5.41) is 12.4. The van der Waals surface area contributed by atoms with Crippen LogP contribution in [0.4, 0.5) is 0 Å². The summed E-state index contributed by atoms with van der Waals surface area (Å²) in [5.74, 6) is -0.498. The molecule has 2 aromatic rings. The van der Waals surface area contributed by atoms with Gasteiger partial charge in [-0.05, 0) is 31.5 Å². The Bertz CT molecular complexity index is 579. The summed E-state index contributed by atoms with van der Waals surface area (Å²) >= 11 is 0. The molecule has 1 heterocycles. The van der Waals surface area contributed by atoms with Crippen LogP contribution in [-0.4, -0.2) is 16.0 Å². The summed E-state index contributed by atoms with van der Waals surface area (Å²) < 4.78 is 0. The molecule has 1 amide bonds. The van der Waals surface area contributed by atoms with Crippen LogP contribution in [0.1, 0.15) is 34.6 Å². The highest BCUT2D eigenvalue weighted by Crippen LogP contribution is 2.16. The minimum Gasteiger partial charge on any atom is -0.505 e. The van der Waals surface area contributed by atoms with E-state index in [1.54, 1.807) is 6.07 Å². The summed E-state index contributed by atoms with van der Waals surface area (Å²) in [4.78, 5) is 15.9. The fraction of sp³-hybridized carbons (Fsp3) is 0.200. The Morgan fingerprint density at radius 3 is 2.58 bits per heavy atom. The molecule has 0 bridgehead atoms. The van der Waals surface area contributed by atoms with Crippen LogP contribution in [0, 0.1) is 6.92 Å². The minimum absolute atomic E-state index is 0.0430. The first-order valence-electron chi connectivity index (χ1n) is 6.09. The lowest BCUT2D eigenvalue weighted by Crippen LogP contribution is -2.27. The van der Waals surface area contributed by atoms with E-state index in [-0.39, 0.29) is 23.4 Å². The van der Waals surface area contributed by atoms with E-state index in [9.17, 15) is 9.90 Å². The van der Waals surface area contributed by atoms with Gasteiger partial charge in [-0.2, -0.15) is 0 Å². The Kier molecular flexibility index (Phi) is 3.80.